The second kappa shape index (κ2) is 16.4. The Bertz CT molecular complexity index is 2020. The van der Waals surface area contributed by atoms with E-state index in [2.05, 4.69) is 9.97 Å². The molecule has 0 radical (unpaired) electrons. The van der Waals surface area contributed by atoms with Gasteiger partial charge in [0.15, 0.2) is 5.78 Å². The Morgan fingerprint density at radius 3 is 1.65 bits per heavy atom. The lowest BCUT2D eigenvalue weighted by atomic mass is 10.1. The minimum atomic E-state index is -0.213. The van der Waals surface area contributed by atoms with Gasteiger partial charge in [-0.1, -0.05) is 59.6 Å². The fourth-order valence-corrected chi connectivity index (χ4v) is 5.09. The van der Waals surface area contributed by atoms with Crippen LogP contribution < -0.4 is 0 Å². The van der Waals surface area contributed by atoms with Crippen molar-refractivity contribution in [3.8, 4) is 22.5 Å². The first kappa shape index (κ1) is 36.1. The summed E-state index contributed by atoms with van der Waals surface area (Å²) < 4.78 is 23.5. The van der Waals surface area contributed by atoms with Crippen LogP contribution in [-0.2, 0) is 9.47 Å². The molecular formula is C34H36Cl2N6O6. The summed E-state index contributed by atoms with van der Waals surface area (Å²) in [6.07, 6.45) is 9.29. The predicted octanol–water partition coefficient (Wildman–Crippen LogP) is 7.08. The first-order chi connectivity index (χ1) is 23.0. The van der Waals surface area contributed by atoms with Crippen molar-refractivity contribution in [3.05, 3.63) is 107 Å². The lowest BCUT2D eigenvalue weighted by Gasteiger charge is -2.19. The molecule has 0 atom stereocenters. The van der Waals surface area contributed by atoms with Gasteiger partial charge in [0, 0.05) is 71.0 Å². The zero-order valence-corrected chi connectivity index (χ0v) is 29.1. The lowest BCUT2D eigenvalue weighted by molar-refractivity contribution is -0.179. The van der Waals surface area contributed by atoms with Gasteiger partial charge in [0.05, 0.1) is 10.0 Å². The van der Waals surface area contributed by atoms with Gasteiger partial charge in [0.1, 0.15) is 35.3 Å². The summed E-state index contributed by atoms with van der Waals surface area (Å²) in [7, 11) is 10.7. The van der Waals surface area contributed by atoms with Gasteiger partial charge in [0.25, 0.3) is 0 Å². The molecule has 48 heavy (non-hydrogen) atoms. The molecule has 14 heteroatoms. The number of methoxy groups -OCH3 is 2. The molecular weight excluding hydrogens is 659 g/mol. The monoisotopic (exact) mass is 694 g/mol. The summed E-state index contributed by atoms with van der Waals surface area (Å²) in [5.74, 6) is 0.489. The summed E-state index contributed by atoms with van der Waals surface area (Å²) in [5.41, 5.74) is 3.39. The highest BCUT2D eigenvalue weighted by Gasteiger charge is 2.22. The number of imidazole rings is 2. The number of nitrogens with zero attached hydrogens (tertiary/aromatic N) is 6. The number of halogens is 2. The second-order valence-corrected chi connectivity index (χ2v) is 11.4. The molecule has 12 nitrogen and oxygen atoms in total. The first-order valence-electron chi connectivity index (χ1n) is 14.5. The number of Topliss-reactive ketones (excluding diaryl/α,β-unsaturated/α-hetero) is 1. The van der Waals surface area contributed by atoms with Crippen molar-refractivity contribution in [2.75, 3.05) is 42.4 Å². The molecule has 6 aromatic rings. The Balaban J connectivity index is 0.000000180. The standard InChI is InChI=1S/C16H14ClN3O2.C13H9ClN2O2.C5H13NO2/c1-19(2)8-7-13(21)15-14(11-5-3-4-6-12(11)17)18-16-20(15)9-10-22-16;1-8(17)12-11(9-4-2-3-5-10(9)14)15-13-16(12)6-7-18-13;1-6(2)5(7-3)8-4/h3-10H,1-2H3;2-7H,1H3;5H,1-4H3. The Morgan fingerprint density at radius 2 is 1.25 bits per heavy atom. The number of rotatable bonds is 9. The molecule has 2 aromatic carbocycles. The molecule has 0 saturated heterocycles. The van der Waals surface area contributed by atoms with Crippen LogP contribution in [0.2, 0.25) is 10.0 Å². The van der Waals surface area contributed by atoms with Gasteiger partial charge in [-0.15, -0.1) is 0 Å². The maximum atomic E-state index is 12.6. The minimum Gasteiger partial charge on any atom is -0.432 e. The van der Waals surface area contributed by atoms with E-state index in [0.29, 0.717) is 50.1 Å². The van der Waals surface area contributed by atoms with Gasteiger partial charge in [0.2, 0.25) is 12.2 Å². The number of hydrogen-bond donors (Lipinski definition) is 0. The highest BCUT2D eigenvalue weighted by atomic mass is 35.5. The van der Waals surface area contributed by atoms with E-state index in [9.17, 15) is 9.59 Å². The Kier molecular flexibility index (Phi) is 12.3. The van der Waals surface area contributed by atoms with Gasteiger partial charge in [-0.2, -0.15) is 9.97 Å². The zero-order valence-electron chi connectivity index (χ0n) is 27.5. The average molecular weight is 696 g/mol. The van der Waals surface area contributed by atoms with Gasteiger partial charge < -0.3 is 23.2 Å². The molecule has 0 fully saturated rings. The number of fused-ring (bicyclic) bond motifs is 2. The third-order valence-electron chi connectivity index (χ3n) is 6.70. The second-order valence-electron chi connectivity index (χ2n) is 10.6. The van der Waals surface area contributed by atoms with Crippen molar-refractivity contribution >= 4 is 46.5 Å². The zero-order chi connectivity index (χ0) is 35.0. The van der Waals surface area contributed by atoms with E-state index in [1.807, 2.05) is 69.5 Å². The van der Waals surface area contributed by atoms with E-state index in [1.165, 1.54) is 25.5 Å². The number of carbonyl (C=O) groups is 2. The van der Waals surface area contributed by atoms with E-state index in [-0.39, 0.29) is 18.0 Å². The molecule has 0 unspecified atom stereocenters. The quantitative estimate of drug-likeness (QED) is 0.0882. The van der Waals surface area contributed by atoms with Gasteiger partial charge in [-0.05, 0) is 26.2 Å². The molecule has 6 rings (SSSR count). The Hall–Kier alpha value is -4.72. The smallest absolute Gasteiger partial charge is 0.306 e. The number of oxazole rings is 2. The largest absolute Gasteiger partial charge is 0.432 e. The van der Waals surface area contributed by atoms with Crippen LogP contribution in [0, 0.1) is 0 Å². The highest BCUT2D eigenvalue weighted by molar-refractivity contribution is 6.34. The van der Waals surface area contributed by atoms with Crippen molar-refractivity contribution in [2.45, 2.75) is 13.3 Å². The maximum absolute atomic E-state index is 12.6. The van der Waals surface area contributed by atoms with Crippen molar-refractivity contribution in [1.82, 2.24) is 28.6 Å². The van der Waals surface area contributed by atoms with Gasteiger partial charge in [-0.25, -0.2) is 0 Å². The third-order valence-corrected chi connectivity index (χ3v) is 7.36. The Labute approximate surface area is 287 Å². The van der Waals surface area contributed by atoms with Gasteiger partial charge >= 0.3 is 11.7 Å². The summed E-state index contributed by atoms with van der Waals surface area (Å²) in [5, 5.41) is 1.09. The third kappa shape index (κ3) is 8.22. The molecule has 0 N–H and O–H groups in total. The molecule has 0 aliphatic rings. The number of carbonyl (C=O) groups excluding carboxylic acids is 2. The first-order valence-corrected chi connectivity index (χ1v) is 15.3. The van der Waals surface area contributed by atoms with Gasteiger partial charge in [-0.3, -0.25) is 23.3 Å². The topological polar surface area (TPSA) is 120 Å². The molecule has 252 valence electrons. The average Bonchev–Trinajstić information content (AvgIpc) is 3.83. The van der Waals surface area contributed by atoms with Crippen molar-refractivity contribution in [2.24, 2.45) is 0 Å². The van der Waals surface area contributed by atoms with Crippen LogP contribution in [0.4, 0.5) is 0 Å². The van der Waals surface area contributed by atoms with Crippen LogP contribution in [0.5, 0.6) is 0 Å². The number of hydrogen-bond acceptors (Lipinski definition) is 10. The number of benzene rings is 2. The lowest BCUT2D eigenvalue weighted by Crippen LogP contribution is -2.30. The van der Waals surface area contributed by atoms with Crippen LogP contribution in [0.1, 0.15) is 27.9 Å². The van der Waals surface area contributed by atoms with Crippen molar-refractivity contribution in [1.29, 1.82) is 0 Å². The van der Waals surface area contributed by atoms with Crippen molar-refractivity contribution < 1.29 is 27.9 Å². The van der Waals surface area contributed by atoms with E-state index in [1.54, 1.807) is 58.6 Å². The summed E-state index contributed by atoms with van der Waals surface area (Å²) in [6.45, 7) is 1.50. The number of ether oxygens (including phenoxy) is 2. The molecule has 0 aliphatic heterocycles. The molecule has 4 heterocycles. The molecule has 0 aliphatic carbocycles. The molecule has 0 amide bonds. The predicted molar refractivity (Wildman–Crippen MR) is 184 cm³/mol. The van der Waals surface area contributed by atoms with Crippen LogP contribution >= 0.6 is 23.2 Å². The summed E-state index contributed by atoms with van der Waals surface area (Å²) in [6, 6.07) is 14.6. The summed E-state index contributed by atoms with van der Waals surface area (Å²) >= 11 is 12.4. The van der Waals surface area contributed by atoms with E-state index in [0.717, 1.165) is 5.56 Å². The van der Waals surface area contributed by atoms with Crippen molar-refractivity contribution in [3.63, 3.8) is 0 Å². The van der Waals surface area contributed by atoms with Crippen LogP contribution in [0.25, 0.3) is 34.2 Å². The van der Waals surface area contributed by atoms with E-state index in [4.69, 9.17) is 41.5 Å². The number of allylic oxidation sites excluding steroid dienone is 1. The number of ketones is 2. The fraction of sp³-hybridized carbons (Fsp3) is 0.235. The van der Waals surface area contributed by atoms with E-state index < -0.39 is 0 Å². The molecule has 0 bridgehead atoms. The SMILES string of the molecule is CC(=O)c1c(-c2ccccc2Cl)nc2occn12.CN(C)C=CC(=O)c1c(-c2ccccc2Cl)nc2occn12.COC(OC)N(C)C. The fourth-order valence-electron chi connectivity index (χ4n) is 4.64. The van der Waals surface area contributed by atoms with Crippen LogP contribution in [0.15, 0.2) is 94.6 Å². The van der Waals surface area contributed by atoms with Crippen LogP contribution in [-0.4, -0.2) is 89.0 Å². The maximum Gasteiger partial charge on any atom is 0.306 e. The molecule has 4 aromatic heterocycles. The normalized spacial score (nSPS) is 11.2. The van der Waals surface area contributed by atoms with E-state index >= 15 is 0 Å². The van der Waals surface area contributed by atoms with Crippen LogP contribution in [0.3, 0.4) is 0 Å². The molecule has 0 spiro atoms. The summed E-state index contributed by atoms with van der Waals surface area (Å²) in [4.78, 5) is 36.7. The minimum absolute atomic E-state index is 0.0844. The highest BCUT2D eigenvalue weighted by Crippen LogP contribution is 2.32. The Morgan fingerprint density at radius 1 is 0.792 bits per heavy atom. The number of aromatic nitrogens is 4. The molecule has 0 saturated carbocycles.